The Hall–Kier alpha value is 0.480. The van der Waals surface area contributed by atoms with Gasteiger partial charge in [0.2, 0.25) is 0 Å². The minimum atomic E-state index is -0.167. The molecule has 1 atom stereocenters. The molecule has 0 radical (unpaired) electrons. The van der Waals surface area contributed by atoms with Crippen LogP contribution in [0.2, 0.25) is 3.67 Å². The number of hydrogen-bond acceptors (Lipinski definition) is 0. The monoisotopic (exact) mass is 196 g/mol. The molecule has 1 rings (SSSR count). The van der Waals surface area contributed by atoms with Gasteiger partial charge in [0.1, 0.15) is 0 Å². The molecule has 7 heavy (non-hydrogen) atoms. The molecule has 1 heterocycles. The van der Waals surface area contributed by atoms with Crippen LogP contribution in [0, 0.1) is 0 Å². The molecule has 0 aromatic carbocycles. The predicted octanol–water partition coefficient (Wildman–Crippen LogP) is 1.26. The summed E-state index contributed by atoms with van der Waals surface area (Å²) in [7, 11) is 0. The van der Waals surface area contributed by atoms with Crippen LogP contribution in [0.5, 0.6) is 0 Å². The van der Waals surface area contributed by atoms with E-state index in [1.54, 1.807) is 0 Å². The zero-order chi connectivity index (χ0) is 5.11. The fourth-order valence-electron chi connectivity index (χ4n) is 0.750. The predicted molar refractivity (Wildman–Crippen MR) is 35.0 cm³/mol. The van der Waals surface area contributed by atoms with Crippen molar-refractivity contribution in [2.45, 2.75) is 17.0 Å². The van der Waals surface area contributed by atoms with E-state index in [2.05, 4.69) is 22.8 Å². The molecule has 1 aliphatic heterocycles. The Morgan fingerprint density at radius 2 is 2.57 bits per heavy atom. The number of hydrogen-bond donors (Lipinski definition) is 0. The second-order valence-electron chi connectivity index (χ2n) is 1.84. The van der Waals surface area contributed by atoms with E-state index < -0.39 is 0 Å². The average molecular weight is 196 g/mol. The molecule has 1 unspecified atom stereocenters. The van der Waals surface area contributed by atoms with Crippen LogP contribution in [0.3, 0.4) is 0 Å². The summed E-state index contributed by atoms with van der Waals surface area (Å²) in [6.07, 6.45) is 5.99. The first-order valence-corrected chi connectivity index (χ1v) is 6.59. The summed E-state index contributed by atoms with van der Waals surface area (Å²) in [5, 5.41) is 0. The van der Waals surface area contributed by atoms with Crippen molar-refractivity contribution in [2.24, 2.45) is 0 Å². The van der Waals surface area contributed by atoms with Gasteiger partial charge < -0.3 is 0 Å². The Labute approximate surface area is 55.5 Å². The van der Waals surface area contributed by atoms with Gasteiger partial charge in [0.25, 0.3) is 0 Å². The third-order valence-electron chi connectivity index (χ3n) is 1.30. The number of allylic oxidation sites excluding steroid dienone is 2. The van der Waals surface area contributed by atoms with Crippen molar-refractivity contribution in [1.29, 1.82) is 0 Å². The van der Waals surface area contributed by atoms with Gasteiger partial charge in [-0.3, -0.25) is 0 Å². The molecule has 0 fully saturated rings. The summed E-state index contributed by atoms with van der Waals surface area (Å²) in [6, 6.07) is 0. The van der Waals surface area contributed by atoms with Crippen LogP contribution in [0.1, 0.15) is 13.3 Å². The number of rotatable bonds is 1. The first-order valence-electron chi connectivity index (χ1n) is 2.78. The van der Waals surface area contributed by atoms with Gasteiger partial charge in [0, 0.05) is 0 Å². The molecule has 1 aliphatic rings. The van der Waals surface area contributed by atoms with E-state index in [4.69, 9.17) is 0 Å². The average Bonchev–Trinajstić information content (AvgIpc) is 2.14. The summed E-state index contributed by atoms with van der Waals surface area (Å²) >= 11 is -0.167. The first-order chi connectivity index (χ1) is 3.43. The second kappa shape index (κ2) is 2.71. The van der Waals surface area contributed by atoms with E-state index in [1.165, 1.54) is 6.42 Å². The molecule has 0 spiro atoms. The molecule has 0 aliphatic carbocycles. The van der Waals surface area contributed by atoms with E-state index in [-0.39, 0.29) is 22.4 Å². The van der Waals surface area contributed by atoms with Crippen molar-refractivity contribution >= 4 is 26.2 Å². The summed E-state index contributed by atoms with van der Waals surface area (Å²) in [5.74, 6) is 0. The summed E-state index contributed by atoms with van der Waals surface area (Å²) in [4.78, 5) is 0. The van der Waals surface area contributed by atoms with Crippen LogP contribution in [0.25, 0.3) is 0 Å². The van der Waals surface area contributed by atoms with Crippen molar-refractivity contribution < 1.29 is 0 Å². The molecule has 36 valence electrons. The van der Waals surface area contributed by atoms with Gasteiger partial charge in [-0.2, -0.15) is 0 Å². The third kappa shape index (κ3) is 1.45. The zero-order valence-electron chi connectivity index (χ0n) is 4.59. The minimum absolute atomic E-state index is 0.167. The molecule has 1 heteroatoms. The Morgan fingerprint density at radius 1 is 1.71 bits per heavy atom. The Morgan fingerprint density at radius 3 is 2.86 bits per heavy atom. The molecule has 0 aromatic heterocycles. The summed E-state index contributed by atoms with van der Waals surface area (Å²) < 4.78 is 3.47. The van der Waals surface area contributed by atoms with E-state index in [0.717, 1.165) is 3.67 Å². The van der Waals surface area contributed by atoms with Crippen molar-refractivity contribution in [3.8, 4) is 0 Å². The fraction of sp³-hybridized carbons (Fsp3) is 0.500. The van der Waals surface area contributed by atoms with Crippen LogP contribution in [-0.2, 0) is 0 Å². The van der Waals surface area contributed by atoms with Gasteiger partial charge in [0.05, 0.1) is 0 Å². The van der Waals surface area contributed by atoms with Gasteiger partial charge in [-0.15, -0.1) is 0 Å². The van der Waals surface area contributed by atoms with E-state index >= 15 is 0 Å². The Bertz CT molecular complexity index is 90.7. The van der Waals surface area contributed by atoms with Gasteiger partial charge >= 0.3 is 55.4 Å². The third-order valence-corrected chi connectivity index (χ3v) is 5.96. The first kappa shape index (κ1) is 5.61. The molecule has 0 bridgehead atoms. The molecule has 0 amide bonds. The van der Waals surface area contributed by atoms with Gasteiger partial charge in [-0.05, 0) is 0 Å². The molecule has 0 N–H and O–H groups in total. The van der Waals surface area contributed by atoms with Crippen LogP contribution in [0.4, 0.5) is 0 Å². The molecule has 0 aromatic rings. The zero-order valence-corrected chi connectivity index (χ0v) is 7.89. The SMILES string of the molecule is CC[CH]1C=C[CH]=[In]1. The summed E-state index contributed by atoms with van der Waals surface area (Å²) in [6.45, 7) is 2.28. The van der Waals surface area contributed by atoms with Crippen LogP contribution in [-0.4, -0.2) is 26.2 Å². The second-order valence-corrected chi connectivity index (χ2v) is 6.48. The van der Waals surface area contributed by atoms with E-state index in [0.29, 0.717) is 0 Å². The maximum atomic E-state index is 2.42. The van der Waals surface area contributed by atoms with Crippen LogP contribution >= 0.6 is 0 Å². The van der Waals surface area contributed by atoms with E-state index in [1.807, 2.05) is 0 Å². The molecular formula is C6H9In. The molecule has 0 nitrogen and oxygen atoms in total. The van der Waals surface area contributed by atoms with Crippen molar-refractivity contribution in [2.75, 3.05) is 0 Å². The van der Waals surface area contributed by atoms with Crippen molar-refractivity contribution in [3.05, 3.63) is 12.2 Å². The molecule has 0 saturated heterocycles. The van der Waals surface area contributed by atoms with E-state index in [9.17, 15) is 0 Å². The Balaban J connectivity index is 2.44. The molecule has 0 saturated carbocycles. The van der Waals surface area contributed by atoms with Gasteiger partial charge in [0.15, 0.2) is 0 Å². The normalized spacial score (nSPS) is 25.6. The van der Waals surface area contributed by atoms with Crippen LogP contribution < -0.4 is 0 Å². The van der Waals surface area contributed by atoms with Crippen molar-refractivity contribution in [1.82, 2.24) is 0 Å². The summed E-state index contributed by atoms with van der Waals surface area (Å²) in [5.41, 5.74) is 0. The molecular weight excluding hydrogens is 187 g/mol. The van der Waals surface area contributed by atoms with Crippen molar-refractivity contribution in [3.63, 3.8) is 0 Å². The van der Waals surface area contributed by atoms with Gasteiger partial charge in [-0.1, -0.05) is 0 Å². The van der Waals surface area contributed by atoms with Gasteiger partial charge in [-0.25, -0.2) is 0 Å². The van der Waals surface area contributed by atoms with Crippen LogP contribution in [0.15, 0.2) is 12.2 Å². The fourth-order valence-corrected chi connectivity index (χ4v) is 3.81. The Kier molecular flexibility index (Phi) is 2.17. The maximum absolute atomic E-state index is 2.42. The quantitative estimate of drug-likeness (QED) is 0.592. The standard InChI is InChI=1S/C6H9.In/c1-3-5-6-4-2;/h1,3,5-6H,4H2,2H3;. The topological polar surface area (TPSA) is 0 Å².